The zero-order chi connectivity index (χ0) is 24.9. The van der Waals surface area contributed by atoms with Crippen molar-refractivity contribution in [2.75, 3.05) is 0 Å². The number of halogens is 1. The molecule has 4 aromatic rings. The maximum Gasteiger partial charge on any atom is 0.253 e. The van der Waals surface area contributed by atoms with Crippen molar-refractivity contribution in [3.63, 3.8) is 0 Å². The lowest BCUT2D eigenvalue weighted by molar-refractivity contribution is 0.0951. The molecule has 1 unspecified atom stereocenters. The second-order valence-electron chi connectivity index (χ2n) is 9.10. The zero-order valence-corrected chi connectivity index (χ0v) is 21.7. The lowest BCUT2D eigenvalue weighted by atomic mass is 9.90. The summed E-state index contributed by atoms with van der Waals surface area (Å²) in [5.74, 6) is -0.210. The second-order valence-corrected chi connectivity index (χ2v) is 10.5. The third-order valence-corrected chi connectivity index (χ3v) is 7.71. The number of carbonyl (C=O) groups excluding carboxylic acids is 1. The summed E-state index contributed by atoms with van der Waals surface area (Å²) in [6, 6.07) is 14.5. The highest BCUT2D eigenvalue weighted by Gasteiger charge is 2.28. The first-order valence-electron chi connectivity index (χ1n) is 12.1. The minimum Gasteiger partial charge on any atom is -0.348 e. The van der Waals surface area contributed by atoms with Gasteiger partial charge in [0.2, 0.25) is 0 Å². The Bertz CT molecular complexity index is 1360. The quantitative estimate of drug-likeness (QED) is 0.315. The van der Waals surface area contributed by atoms with Gasteiger partial charge in [-0.25, -0.2) is 4.98 Å². The van der Waals surface area contributed by atoms with Gasteiger partial charge in [0.25, 0.3) is 5.91 Å². The molecule has 1 amide bonds. The van der Waals surface area contributed by atoms with Crippen LogP contribution in [0.1, 0.15) is 62.3 Å². The fraction of sp³-hybridized carbons (Fsp3) is 0.286. The Morgan fingerprint density at radius 1 is 1.17 bits per heavy atom. The van der Waals surface area contributed by atoms with E-state index in [1.54, 1.807) is 23.6 Å². The number of hydrogen-bond donors (Lipinski definition) is 1. The Hall–Kier alpha value is -3.13. The molecule has 8 heteroatoms. The molecule has 6 nitrogen and oxygen atoms in total. The lowest BCUT2D eigenvalue weighted by Crippen LogP contribution is -2.31. The number of fused-ring (bicyclic) bond motifs is 1. The highest BCUT2D eigenvalue weighted by molar-refractivity contribution is 7.09. The Balaban J connectivity index is 1.34. The first kappa shape index (κ1) is 24.6. The normalized spacial score (nSPS) is 15.0. The summed E-state index contributed by atoms with van der Waals surface area (Å²) in [7, 11) is 0. The molecular weight excluding hydrogens is 490 g/mol. The number of pyridine rings is 2. The molecule has 1 N–H and O–H groups in total. The first-order chi connectivity index (χ1) is 17.6. The summed E-state index contributed by atoms with van der Waals surface area (Å²) in [5, 5.41) is 6.55. The van der Waals surface area contributed by atoms with Crippen LogP contribution < -0.4 is 5.32 Å². The Morgan fingerprint density at radius 2 is 2.06 bits per heavy atom. The van der Waals surface area contributed by atoms with E-state index in [9.17, 15) is 4.79 Å². The molecule has 5 rings (SSSR count). The molecule has 3 aromatic heterocycles. The van der Waals surface area contributed by atoms with Crippen LogP contribution >= 0.6 is 22.9 Å². The van der Waals surface area contributed by atoms with Gasteiger partial charge in [0.15, 0.2) is 0 Å². The number of aryl methyl sites for hydroxylation is 2. The molecule has 1 aliphatic carbocycles. The van der Waals surface area contributed by atoms with E-state index >= 15 is 0 Å². The summed E-state index contributed by atoms with van der Waals surface area (Å²) < 4.78 is 0. The van der Waals surface area contributed by atoms with Crippen molar-refractivity contribution in [2.45, 2.75) is 51.9 Å². The van der Waals surface area contributed by atoms with E-state index in [2.05, 4.69) is 44.8 Å². The zero-order valence-electron chi connectivity index (χ0n) is 20.2. The van der Waals surface area contributed by atoms with Crippen molar-refractivity contribution in [1.82, 2.24) is 25.2 Å². The number of aromatic nitrogens is 3. The van der Waals surface area contributed by atoms with Crippen LogP contribution in [-0.4, -0.2) is 25.8 Å². The van der Waals surface area contributed by atoms with Gasteiger partial charge in [0.1, 0.15) is 5.01 Å². The predicted octanol–water partition coefficient (Wildman–Crippen LogP) is 5.90. The van der Waals surface area contributed by atoms with Crippen molar-refractivity contribution in [1.29, 1.82) is 0 Å². The van der Waals surface area contributed by atoms with E-state index in [4.69, 9.17) is 21.6 Å². The molecule has 0 saturated carbocycles. The van der Waals surface area contributed by atoms with Crippen LogP contribution in [0.15, 0.2) is 66.4 Å². The van der Waals surface area contributed by atoms with Crippen molar-refractivity contribution in [3.8, 4) is 0 Å². The van der Waals surface area contributed by atoms with Crippen molar-refractivity contribution >= 4 is 28.8 Å². The van der Waals surface area contributed by atoms with Crippen LogP contribution in [0, 0.1) is 6.92 Å². The van der Waals surface area contributed by atoms with E-state index in [0.717, 1.165) is 48.6 Å². The average molecular weight is 518 g/mol. The number of rotatable bonds is 8. The molecule has 0 saturated heterocycles. The van der Waals surface area contributed by atoms with E-state index in [1.807, 2.05) is 25.3 Å². The molecule has 3 heterocycles. The van der Waals surface area contributed by atoms with Gasteiger partial charge in [-0.3, -0.25) is 19.7 Å². The molecule has 1 aromatic carbocycles. The summed E-state index contributed by atoms with van der Waals surface area (Å²) in [6.07, 6.45) is 8.27. The van der Waals surface area contributed by atoms with Gasteiger partial charge in [-0.1, -0.05) is 41.9 Å². The Kier molecular flexibility index (Phi) is 7.70. The van der Waals surface area contributed by atoms with E-state index in [-0.39, 0.29) is 11.9 Å². The van der Waals surface area contributed by atoms with Crippen LogP contribution in [0.3, 0.4) is 0 Å². The maximum absolute atomic E-state index is 12.6. The molecule has 36 heavy (non-hydrogen) atoms. The minimum absolute atomic E-state index is 0.210. The molecule has 0 radical (unpaired) electrons. The number of thiazole rings is 1. The third-order valence-electron chi connectivity index (χ3n) is 6.46. The fourth-order valence-corrected chi connectivity index (χ4v) is 5.78. The molecule has 0 fully saturated rings. The topological polar surface area (TPSA) is 71.0 Å². The number of carbonyl (C=O) groups is 1. The standard InChI is InChI=1S/C28H28ClN5OS/c1-19-18-36-26(33-19)17-34(25-9-3-7-22-8-4-11-31-27(22)25)16-21-6-2-5-20(13-21)14-32-28(35)23-10-12-30-15-24(23)29/h2,4-6,8,10-13,15,18,25H,3,7,9,14,16-17H2,1H3,(H,32,35). The summed E-state index contributed by atoms with van der Waals surface area (Å²) in [4.78, 5) is 28.6. The Labute approximate surface area is 220 Å². The molecule has 184 valence electrons. The molecule has 0 aliphatic heterocycles. The lowest BCUT2D eigenvalue weighted by Gasteiger charge is -2.34. The predicted molar refractivity (Wildman–Crippen MR) is 143 cm³/mol. The molecule has 0 spiro atoms. The van der Waals surface area contributed by atoms with E-state index < -0.39 is 0 Å². The van der Waals surface area contributed by atoms with Crippen molar-refractivity contribution < 1.29 is 4.79 Å². The summed E-state index contributed by atoms with van der Waals surface area (Å²) in [6.45, 7) is 4.02. The van der Waals surface area contributed by atoms with Crippen LogP contribution in [0.2, 0.25) is 5.02 Å². The average Bonchev–Trinajstić information content (AvgIpc) is 3.31. The summed E-state index contributed by atoms with van der Waals surface area (Å²) in [5.41, 5.74) is 6.26. The highest BCUT2D eigenvalue weighted by atomic mass is 35.5. The van der Waals surface area contributed by atoms with Crippen LogP contribution in [0.25, 0.3) is 0 Å². The monoisotopic (exact) mass is 517 g/mol. The highest BCUT2D eigenvalue weighted by Crippen LogP contribution is 2.35. The number of nitrogens with one attached hydrogen (secondary N) is 1. The smallest absolute Gasteiger partial charge is 0.253 e. The van der Waals surface area contributed by atoms with Gasteiger partial charge in [-0.2, -0.15) is 0 Å². The van der Waals surface area contributed by atoms with Gasteiger partial charge >= 0.3 is 0 Å². The van der Waals surface area contributed by atoms with E-state index in [0.29, 0.717) is 17.1 Å². The third kappa shape index (κ3) is 5.81. The summed E-state index contributed by atoms with van der Waals surface area (Å²) >= 11 is 7.83. The van der Waals surface area contributed by atoms with E-state index in [1.165, 1.54) is 23.0 Å². The van der Waals surface area contributed by atoms with Gasteiger partial charge in [-0.05, 0) is 55.0 Å². The SMILES string of the molecule is Cc1csc(CN(Cc2cccc(CNC(=O)c3ccncc3Cl)c2)C2CCCc3cccnc32)n1. The molecular formula is C28H28ClN5OS. The molecule has 1 aliphatic rings. The minimum atomic E-state index is -0.210. The number of benzene rings is 1. The van der Waals surface area contributed by atoms with Crippen LogP contribution in [-0.2, 0) is 26.1 Å². The van der Waals surface area contributed by atoms with Gasteiger partial charge < -0.3 is 5.32 Å². The van der Waals surface area contributed by atoms with Crippen LogP contribution in [0.5, 0.6) is 0 Å². The first-order valence-corrected chi connectivity index (χ1v) is 13.4. The molecule has 0 bridgehead atoms. The Morgan fingerprint density at radius 3 is 2.89 bits per heavy atom. The van der Waals surface area contributed by atoms with Crippen molar-refractivity contribution in [3.05, 3.63) is 110 Å². The maximum atomic E-state index is 12.6. The van der Waals surface area contributed by atoms with Gasteiger partial charge in [0.05, 0.1) is 28.9 Å². The number of nitrogens with zero attached hydrogens (tertiary/aromatic N) is 4. The second kappa shape index (κ2) is 11.3. The van der Waals surface area contributed by atoms with Gasteiger partial charge in [-0.15, -0.1) is 11.3 Å². The van der Waals surface area contributed by atoms with Crippen LogP contribution in [0.4, 0.5) is 0 Å². The number of amides is 1. The number of hydrogen-bond acceptors (Lipinski definition) is 6. The molecule has 1 atom stereocenters. The fourth-order valence-electron chi connectivity index (χ4n) is 4.78. The van der Waals surface area contributed by atoms with Gasteiger partial charge in [0, 0.05) is 42.8 Å². The largest absolute Gasteiger partial charge is 0.348 e. The van der Waals surface area contributed by atoms with Crippen molar-refractivity contribution in [2.24, 2.45) is 0 Å².